The van der Waals surface area contributed by atoms with Crippen LogP contribution >= 0.6 is 0 Å². The van der Waals surface area contributed by atoms with Gasteiger partial charge in [0.25, 0.3) is 0 Å². The third kappa shape index (κ3) is 4.72. The van der Waals surface area contributed by atoms with Crippen molar-refractivity contribution in [2.75, 3.05) is 22.4 Å². The molecule has 0 spiro atoms. The molecule has 0 aliphatic rings. The lowest BCUT2D eigenvalue weighted by molar-refractivity contribution is -0.116. The van der Waals surface area contributed by atoms with E-state index in [9.17, 15) is 30.8 Å². The van der Waals surface area contributed by atoms with Gasteiger partial charge in [0.15, 0.2) is 17.5 Å². The van der Waals surface area contributed by atoms with E-state index in [2.05, 4.69) is 5.32 Å². The molecule has 5 nitrogen and oxygen atoms in total. The number of carbonyl (C=O) groups excluding carboxylic acids is 1. The van der Waals surface area contributed by atoms with Crippen molar-refractivity contribution in [2.45, 2.75) is 6.42 Å². The van der Waals surface area contributed by atoms with Crippen LogP contribution in [-0.2, 0) is 14.8 Å². The summed E-state index contributed by atoms with van der Waals surface area (Å²) in [6, 6.07) is 6.20. The Balaban J connectivity index is 2.16. The van der Waals surface area contributed by atoms with Gasteiger partial charge in [0.05, 0.1) is 11.9 Å². The molecule has 0 fully saturated rings. The summed E-state index contributed by atoms with van der Waals surface area (Å²) in [7, 11) is -4.07. The van der Waals surface area contributed by atoms with E-state index in [-0.39, 0.29) is 5.69 Å². The number of sulfonamides is 1. The normalized spacial score (nSPS) is 11.3. The first-order valence-corrected chi connectivity index (χ1v) is 9.11. The molecule has 0 saturated carbocycles. The molecule has 0 bridgehead atoms. The van der Waals surface area contributed by atoms with Crippen LogP contribution in [0.4, 0.5) is 28.9 Å². The molecule has 0 heterocycles. The van der Waals surface area contributed by atoms with Gasteiger partial charge in [-0.3, -0.25) is 9.10 Å². The summed E-state index contributed by atoms with van der Waals surface area (Å²) in [5.74, 6) is -6.08. The van der Waals surface area contributed by atoms with Crippen LogP contribution in [0, 0.1) is 23.3 Å². The van der Waals surface area contributed by atoms with Crippen LogP contribution < -0.4 is 9.62 Å². The van der Waals surface area contributed by atoms with E-state index in [4.69, 9.17) is 0 Å². The number of benzene rings is 2. The number of carbonyl (C=O) groups is 1. The zero-order valence-corrected chi connectivity index (χ0v) is 14.3. The van der Waals surface area contributed by atoms with Gasteiger partial charge >= 0.3 is 0 Å². The Morgan fingerprint density at radius 1 is 1.00 bits per heavy atom. The van der Waals surface area contributed by atoms with Gasteiger partial charge in [-0.05, 0) is 36.4 Å². The minimum atomic E-state index is -4.07. The summed E-state index contributed by atoms with van der Waals surface area (Å²) in [4.78, 5) is 11.9. The largest absolute Gasteiger partial charge is 0.326 e. The summed E-state index contributed by atoms with van der Waals surface area (Å²) in [6.07, 6.45) is 0.342. The number of hydrogen-bond acceptors (Lipinski definition) is 3. The molecule has 0 unspecified atom stereocenters. The lowest BCUT2D eigenvalue weighted by Gasteiger charge is -2.22. The van der Waals surface area contributed by atoms with E-state index in [0.29, 0.717) is 10.4 Å². The van der Waals surface area contributed by atoms with Gasteiger partial charge in [-0.25, -0.2) is 26.0 Å². The van der Waals surface area contributed by atoms with Crippen LogP contribution in [0.1, 0.15) is 6.42 Å². The molecular weight excluding hydrogens is 376 g/mol. The van der Waals surface area contributed by atoms with Gasteiger partial charge in [-0.1, -0.05) is 0 Å². The standard InChI is InChI=1S/C16H14F4N2O3S/c1-26(24,25)22(13-7-6-12(18)15(19)16(13)20)9-8-14(23)21-11-4-2-10(17)3-5-11/h2-7H,8-9H2,1H3,(H,21,23). The Morgan fingerprint density at radius 2 is 1.62 bits per heavy atom. The zero-order chi connectivity index (χ0) is 19.5. The molecule has 1 amide bonds. The summed E-state index contributed by atoms with van der Waals surface area (Å²) in [5, 5.41) is 2.41. The van der Waals surface area contributed by atoms with Gasteiger partial charge in [-0.15, -0.1) is 0 Å². The van der Waals surface area contributed by atoms with E-state index in [1.807, 2.05) is 0 Å². The number of amides is 1. The van der Waals surface area contributed by atoms with Crippen LogP contribution in [0.25, 0.3) is 0 Å². The highest BCUT2D eigenvalue weighted by molar-refractivity contribution is 7.92. The fourth-order valence-electron chi connectivity index (χ4n) is 2.13. The van der Waals surface area contributed by atoms with E-state index < -0.39 is 57.9 Å². The lowest BCUT2D eigenvalue weighted by Crippen LogP contribution is -2.34. The maximum Gasteiger partial charge on any atom is 0.232 e. The number of anilines is 2. The summed E-state index contributed by atoms with van der Waals surface area (Å²) < 4.78 is 77.3. The molecule has 1 N–H and O–H groups in total. The average molecular weight is 390 g/mol. The fourth-order valence-corrected chi connectivity index (χ4v) is 3.05. The molecule has 0 atom stereocenters. The van der Waals surface area contributed by atoms with Gasteiger partial charge in [0, 0.05) is 18.7 Å². The smallest absolute Gasteiger partial charge is 0.232 e. The average Bonchev–Trinajstić information content (AvgIpc) is 2.55. The van der Waals surface area contributed by atoms with Crippen molar-refractivity contribution in [2.24, 2.45) is 0 Å². The maximum atomic E-state index is 13.9. The van der Waals surface area contributed by atoms with Crippen LogP contribution in [0.5, 0.6) is 0 Å². The molecule has 2 aromatic rings. The number of rotatable bonds is 6. The molecule has 0 aliphatic heterocycles. The van der Waals surface area contributed by atoms with Crippen molar-refractivity contribution in [3.05, 3.63) is 59.7 Å². The minimum Gasteiger partial charge on any atom is -0.326 e. The molecule has 0 aromatic heterocycles. The van der Waals surface area contributed by atoms with Crippen molar-refractivity contribution >= 4 is 27.3 Å². The first-order valence-electron chi connectivity index (χ1n) is 7.26. The van der Waals surface area contributed by atoms with Crippen LogP contribution in [0.15, 0.2) is 36.4 Å². The quantitative estimate of drug-likeness (QED) is 0.609. The zero-order valence-electron chi connectivity index (χ0n) is 13.5. The molecule has 10 heteroatoms. The summed E-state index contributed by atoms with van der Waals surface area (Å²) >= 11 is 0. The van der Waals surface area contributed by atoms with Crippen LogP contribution in [-0.4, -0.2) is 27.1 Å². The van der Waals surface area contributed by atoms with Crippen LogP contribution in [0.3, 0.4) is 0 Å². The van der Waals surface area contributed by atoms with E-state index in [1.165, 1.54) is 12.1 Å². The number of nitrogens with zero attached hydrogens (tertiary/aromatic N) is 1. The van der Waals surface area contributed by atoms with Crippen molar-refractivity contribution in [1.82, 2.24) is 0 Å². The third-order valence-corrected chi connectivity index (χ3v) is 4.53. The molecule has 2 aromatic carbocycles. The topological polar surface area (TPSA) is 66.5 Å². The fraction of sp³-hybridized carbons (Fsp3) is 0.188. The third-order valence-electron chi connectivity index (χ3n) is 3.35. The first kappa shape index (κ1) is 19.7. The number of halogens is 4. The van der Waals surface area contributed by atoms with Crippen molar-refractivity contribution in [3.63, 3.8) is 0 Å². The maximum absolute atomic E-state index is 13.9. The SMILES string of the molecule is CS(=O)(=O)N(CCC(=O)Nc1ccc(F)cc1)c1ccc(F)c(F)c1F. The molecular formula is C16H14F4N2O3S. The Kier molecular flexibility index (Phi) is 5.86. The molecule has 140 valence electrons. The predicted octanol–water partition coefficient (Wildman–Crippen LogP) is 3.04. The Morgan fingerprint density at radius 3 is 2.19 bits per heavy atom. The van der Waals surface area contributed by atoms with Crippen molar-refractivity contribution < 1.29 is 30.8 Å². The van der Waals surface area contributed by atoms with Gasteiger partial charge in [0.1, 0.15) is 5.82 Å². The monoisotopic (exact) mass is 390 g/mol. The number of hydrogen-bond donors (Lipinski definition) is 1. The van der Waals surface area contributed by atoms with Gasteiger partial charge in [0.2, 0.25) is 15.9 Å². The Labute approximate surface area is 147 Å². The van der Waals surface area contributed by atoms with E-state index in [1.54, 1.807) is 0 Å². The second-order valence-corrected chi connectivity index (χ2v) is 7.24. The lowest BCUT2D eigenvalue weighted by atomic mass is 10.2. The second-order valence-electron chi connectivity index (χ2n) is 5.33. The van der Waals surface area contributed by atoms with Crippen molar-refractivity contribution in [3.8, 4) is 0 Å². The predicted molar refractivity (Wildman–Crippen MR) is 88.2 cm³/mol. The Hall–Kier alpha value is -2.62. The van der Waals surface area contributed by atoms with Gasteiger partial charge in [-0.2, -0.15) is 0 Å². The highest BCUT2D eigenvalue weighted by Crippen LogP contribution is 2.25. The van der Waals surface area contributed by atoms with E-state index in [0.717, 1.165) is 24.5 Å². The second kappa shape index (κ2) is 7.73. The molecule has 0 aliphatic carbocycles. The summed E-state index contributed by atoms with van der Waals surface area (Å²) in [5.41, 5.74) is -0.428. The van der Waals surface area contributed by atoms with Gasteiger partial charge < -0.3 is 5.32 Å². The van der Waals surface area contributed by atoms with E-state index >= 15 is 0 Å². The molecule has 26 heavy (non-hydrogen) atoms. The van der Waals surface area contributed by atoms with Crippen LogP contribution in [0.2, 0.25) is 0 Å². The highest BCUT2D eigenvalue weighted by Gasteiger charge is 2.25. The first-order chi connectivity index (χ1) is 12.1. The number of nitrogens with one attached hydrogen (secondary N) is 1. The summed E-state index contributed by atoms with van der Waals surface area (Å²) in [6.45, 7) is -0.506. The molecule has 0 saturated heterocycles. The molecule has 0 radical (unpaired) electrons. The molecule has 2 rings (SSSR count). The highest BCUT2D eigenvalue weighted by atomic mass is 32.2. The Bertz CT molecular complexity index is 918. The van der Waals surface area contributed by atoms with Crippen molar-refractivity contribution in [1.29, 1.82) is 0 Å². The minimum absolute atomic E-state index is 0.279.